The van der Waals surface area contributed by atoms with Crippen LogP contribution in [0.15, 0.2) is 12.4 Å². The molecule has 7 nitrogen and oxygen atoms in total. The van der Waals surface area contributed by atoms with Gasteiger partial charge in [0.1, 0.15) is 11.7 Å². The van der Waals surface area contributed by atoms with Gasteiger partial charge in [0.25, 0.3) is 0 Å². The summed E-state index contributed by atoms with van der Waals surface area (Å²) in [7, 11) is 0. The summed E-state index contributed by atoms with van der Waals surface area (Å²) in [5.74, 6) is 5.56. The molecule has 0 aliphatic rings. The van der Waals surface area contributed by atoms with Crippen LogP contribution in [0.2, 0.25) is 5.02 Å². The topological polar surface area (TPSA) is 97.4 Å². The van der Waals surface area contributed by atoms with Crippen LogP contribution in [0.1, 0.15) is 37.3 Å². The highest BCUT2D eigenvalue weighted by Gasteiger charge is 2.24. The summed E-state index contributed by atoms with van der Waals surface area (Å²) >= 11 is 6.14. The van der Waals surface area contributed by atoms with E-state index in [2.05, 4.69) is 25.9 Å². The zero-order valence-corrected chi connectivity index (χ0v) is 10.3. The molecular formula is C9H14ClN7. The van der Waals surface area contributed by atoms with Crippen molar-refractivity contribution in [3.8, 4) is 0 Å². The van der Waals surface area contributed by atoms with Gasteiger partial charge >= 0.3 is 0 Å². The molecule has 0 amide bonds. The highest BCUT2D eigenvalue weighted by atomic mass is 35.5. The standard InChI is InChI=1S/C9H14ClN7/c1-5(2)17-9(6(10)3-13-17)8(14-11)7-4-12-16-15-7/h3-5,8,14H,11H2,1-2H3,(H,12,15,16). The van der Waals surface area contributed by atoms with Crippen LogP contribution in [-0.2, 0) is 0 Å². The number of hydrazine groups is 1. The Morgan fingerprint density at radius 1 is 1.47 bits per heavy atom. The second kappa shape index (κ2) is 4.82. The normalized spacial score (nSPS) is 13.2. The Kier molecular flexibility index (Phi) is 3.41. The van der Waals surface area contributed by atoms with Crippen molar-refractivity contribution >= 4 is 11.6 Å². The number of halogens is 1. The fraction of sp³-hybridized carbons (Fsp3) is 0.444. The summed E-state index contributed by atoms with van der Waals surface area (Å²) < 4.78 is 1.81. The molecule has 0 saturated carbocycles. The van der Waals surface area contributed by atoms with Crippen molar-refractivity contribution < 1.29 is 0 Å². The third-order valence-corrected chi connectivity index (χ3v) is 2.74. The Hall–Kier alpha value is -1.44. The molecule has 0 saturated heterocycles. The molecule has 2 rings (SSSR count). The molecular weight excluding hydrogens is 242 g/mol. The fourth-order valence-corrected chi connectivity index (χ4v) is 1.93. The summed E-state index contributed by atoms with van der Waals surface area (Å²) in [5, 5.41) is 15.1. The predicted octanol–water partition coefficient (Wildman–Crippen LogP) is 0.788. The van der Waals surface area contributed by atoms with E-state index in [1.807, 2.05) is 18.5 Å². The van der Waals surface area contributed by atoms with E-state index in [1.54, 1.807) is 12.4 Å². The first kappa shape index (κ1) is 12.0. The van der Waals surface area contributed by atoms with Gasteiger partial charge in [0.05, 0.1) is 23.1 Å². The maximum atomic E-state index is 6.14. The largest absolute Gasteiger partial charge is 0.270 e. The number of nitrogens with one attached hydrogen (secondary N) is 2. The van der Waals surface area contributed by atoms with Crippen molar-refractivity contribution in [2.75, 3.05) is 0 Å². The van der Waals surface area contributed by atoms with E-state index in [9.17, 15) is 0 Å². The van der Waals surface area contributed by atoms with E-state index < -0.39 is 0 Å². The molecule has 0 aliphatic carbocycles. The minimum atomic E-state index is -0.342. The van der Waals surface area contributed by atoms with Gasteiger partial charge in [-0.15, -0.1) is 0 Å². The minimum Gasteiger partial charge on any atom is -0.270 e. The van der Waals surface area contributed by atoms with Crippen molar-refractivity contribution in [1.29, 1.82) is 0 Å². The lowest BCUT2D eigenvalue weighted by Crippen LogP contribution is -2.31. The molecule has 1 unspecified atom stereocenters. The van der Waals surface area contributed by atoms with Gasteiger partial charge in [-0.25, -0.2) is 5.43 Å². The quantitative estimate of drug-likeness (QED) is 0.554. The third kappa shape index (κ3) is 2.17. The third-order valence-electron chi connectivity index (χ3n) is 2.45. The van der Waals surface area contributed by atoms with Crippen molar-refractivity contribution in [1.82, 2.24) is 30.6 Å². The van der Waals surface area contributed by atoms with Crippen molar-refractivity contribution in [3.05, 3.63) is 28.8 Å². The van der Waals surface area contributed by atoms with Crippen LogP contribution < -0.4 is 11.3 Å². The van der Waals surface area contributed by atoms with Gasteiger partial charge in [-0.2, -0.15) is 20.5 Å². The Bertz CT molecular complexity index is 476. The van der Waals surface area contributed by atoms with Crippen LogP contribution in [0.4, 0.5) is 0 Å². The number of aromatic nitrogens is 5. The van der Waals surface area contributed by atoms with Gasteiger partial charge in [0.15, 0.2) is 0 Å². The maximum absolute atomic E-state index is 6.14. The predicted molar refractivity (Wildman–Crippen MR) is 63.2 cm³/mol. The molecule has 0 radical (unpaired) electrons. The fourth-order valence-electron chi connectivity index (χ4n) is 1.69. The lowest BCUT2D eigenvalue weighted by molar-refractivity contribution is 0.472. The molecule has 2 heterocycles. The number of nitrogens with zero attached hydrogens (tertiary/aromatic N) is 4. The first-order valence-corrected chi connectivity index (χ1v) is 5.57. The van der Waals surface area contributed by atoms with Gasteiger partial charge < -0.3 is 0 Å². The summed E-state index contributed by atoms with van der Waals surface area (Å²) in [6.45, 7) is 4.03. The molecule has 0 bridgehead atoms. The van der Waals surface area contributed by atoms with Crippen LogP contribution >= 0.6 is 11.6 Å². The molecule has 2 aromatic rings. The van der Waals surface area contributed by atoms with Gasteiger partial charge in [-0.05, 0) is 13.8 Å². The summed E-state index contributed by atoms with van der Waals surface area (Å²) in [5.41, 5.74) is 4.11. The number of rotatable bonds is 4. The van der Waals surface area contributed by atoms with E-state index in [0.717, 1.165) is 5.69 Å². The molecule has 0 aliphatic heterocycles. The SMILES string of the molecule is CC(C)n1ncc(Cl)c1C(NN)c1cn[nH]n1. The van der Waals surface area contributed by atoms with E-state index >= 15 is 0 Å². The average molecular weight is 256 g/mol. The zero-order valence-electron chi connectivity index (χ0n) is 9.55. The minimum absolute atomic E-state index is 0.181. The first-order chi connectivity index (χ1) is 8.15. The van der Waals surface area contributed by atoms with E-state index in [4.69, 9.17) is 17.4 Å². The van der Waals surface area contributed by atoms with Gasteiger partial charge in [-0.1, -0.05) is 11.6 Å². The van der Waals surface area contributed by atoms with E-state index in [1.165, 1.54) is 0 Å². The lowest BCUT2D eigenvalue weighted by atomic mass is 10.1. The van der Waals surface area contributed by atoms with Gasteiger partial charge in [0, 0.05) is 6.04 Å². The van der Waals surface area contributed by atoms with Crippen molar-refractivity contribution in [2.45, 2.75) is 25.9 Å². The maximum Gasteiger partial charge on any atom is 0.110 e. The van der Waals surface area contributed by atoms with Crippen molar-refractivity contribution in [2.24, 2.45) is 5.84 Å². The van der Waals surface area contributed by atoms with E-state index in [0.29, 0.717) is 10.7 Å². The van der Waals surface area contributed by atoms with Crippen LogP contribution in [0.5, 0.6) is 0 Å². The zero-order chi connectivity index (χ0) is 12.4. The Balaban J connectivity index is 2.47. The Morgan fingerprint density at radius 2 is 2.24 bits per heavy atom. The Morgan fingerprint density at radius 3 is 2.76 bits per heavy atom. The summed E-state index contributed by atoms with van der Waals surface area (Å²) in [6.07, 6.45) is 3.19. The monoisotopic (exact) mass is 255 g/mol. The molecule has 4 N–H and O–H groups in total. The molecule has 0 fully saturated rings. The number of H-pyrrole nitrogens is 1. The first-order valence-electron chi connectivity index (χ1n) is 5.19. The summed E-state index contributed by atoms with van der Waals surface area (Å²) in [4.78, 5) is 0. The highest BCUT2D eigenvalue weighted by Crippen LogP contribution is 2.28. The molecule has 17 heavy (non-hydrogen) atoms. The van der Waals surface area contributed by atoms with Crippen LogP contribution in [0.3, 0.4) is 0 Å². The number of hydrogen-bond acceptors (Lipinski definition) is 5. The van der Waals surface area contributed by atoms with E-state index in [-0.39, 0.29) is 12.1 Å². The molecule has 0 spiro atoms. The number of nitrogens with two attached hydrogens (primary N) is 1. The highest BCUT2D eigenvalue weighted by molar-refractivity contribution is 6.31. The van der Waals surface area contributed by atoms with Gasteiger partial charge in [-0.3, -0.25) is 10.5 Å². The van der Waals surface area contributed by atoms with Crippen LogP contribution in [0.25, 0.3) is 0 Å². The Labute approximate surface area is 103 Å². The molecule has 92 valence electrons. The molecule has 8 heteroatoms. The lowest BCUT2D eigenvalue weighted by Gasteiger charge is -2.18. The summed E-state index contributed by atoms with van der Waals surface area (Å²) in [6, 6.07) is -0.161. The molecule has 1 atom stereocenters. The second-order valence-corrected chi connectivity index (χ2v) is 4.32. The average Bonchev–Trinajstić information content (AvgIpc) is 2.91. The molecule has 2 aromatic heterocycles. The van der Waals surface area contributed by atoms with Crippen LogP contribution in [-0.4, -0.2) is 25.2 Å². The second-order valence-electron chi connectivity index (χ2n) is 3.91. The van der Waals surface area contributed by atoms with Crippen molar-refractivity contribution in [3.63, 3.8) is 0 Å². The number of hydrogen-bond donors (Lipinski definition) is 3. The van der Waals surface area contributed by atoms with Gasteiger partial charge in [0.2, 0.25) is 0 Å². The molecule has 0 aromatic carbocycles. The smallest absolute Gasteiger partial charge is 0.110 e. The van der Waals surface area contributed by atoms with Crippen LogP contribution in [0, 0.1) is 0 Å². The number of aromatic amines is 1.